The number of alkyl halides is 2. The van der Waals surface area contributed by atoms with Crippen LogP contribution in [0, 0.1) is 0 Å². The number of halogens is 2. The number of amides is 1. The Morgan fingerprint density at radius 1 is 1.24 bits per heavy atom. The lowest BCUT2D eigenvalue weighted by Gasteiger charge is -2.14. The molecule has 0 aliphatic carbocycles. The van der Waals surface area contributed by atoms with Crippen molar-refractivity contribution in [3.05, 3.63) is 35.9 Å². The van der Waals surface area contributed by atoms with E-state index in [-0.39, 0.29) is 12.4 Å². The van der Waals surface area contributed by atoms with Crippen molar-refractivity contribution in [3.63, 3.8) is 0 Å². The lowest BCUT2D eigenvalue weighted by Crippen LogP contribution is -2.43. The summed E-state index contributed by atoms with van der Waals surface area (Å²) in [7, 11) is 0. The fourth-order valence-corrected chi connectivity index (χ4v) is 2.13. The Morgan fingerprint density at radius 2 is 1.90 bits per heavy atom. The Hall–Kier alpha value is -1.83. The normalized spacial score (nSPS) is 12.0. The van der Waals surface area contributed by atoms with Crippen LogP contribution in [0.1, 0.15) is 5.56 Å². The van der Waals surface area contributed by atoms with Gasteiger partial charge < -0.3 is 15.2 Å². The van der Waals surface area contributed by atoms with Crippen LogP contribution in [0.4, 0.5) is 13.6 Å². The largest absolute Gasteiger partial charge is 0.480 e. The van der Waals surface area contributed by atoms with E-state index in [1.807, 2.05) is 6.07 Å². The molecule has 1 aromatic rings. The molecule has 0 radical (unpaired) electrons. The molecule has 0 saturated carbocycles. The molecule has 5 nitrogen and oxygen atoms in total. The second-order valence-corrected chi connectivity index (χ2v) is 5.10. The molecule has 0 spiro atoms. The number of alkyl carbamates (subject to hydrolysis) is 1. The molecule has 0 aliphatic heterocycles. The second kappa shape index (κ2) is 9.17. The van der Waals surface area contributed by atoms with E-state index < -0.39 is 30.3 Å². The van der Waals surface area contributed by atoms with Gasteiger partial charge in [0.05, 0.1) is 5.75 Å². The Bertz CT molecular complexity index is 459. The minimum absolute atomic E-state index is 0.00316. The first-order valence-corrected chi connectivity index (χ1v) is 7.20. The molecular formula is C13H15F2NO4S. The number of rotatable bonds is 8. The van der Waals surface area contributed by atoms with Gasteiger partial charge in [0.2, 0.25) is 6.43 Å². The summed E-state index contributed by atoms with van der Waals surface area (Å²) in [5.41, 5.74) is 0.756. The van der Waals surface area contributed by atoms with Crippen LogP contribution in [0.15, 0.2) is 30.3 Å². The van der Waals surface area contributed by atoms with Crippen molar-refractivity contribution >= 4 is 23.8 Å². The Kier molecular flexibility index (Phi) is 7.52. The summed E-state index contributed by atoms with van der Waals surface area (Å²) in [6, 6.07) is 7.59. The van der Waals surface area contributed by atoms with Gasteiger partial charge in [-0.1, -0.05) is 30.3 Å². The summed E-state index contributed by atoms with van der Waals surface area (Å²) in [6.07, 6.45) is -3.42. The molecule has 0 fully saturated rings. The smallest absolute Gasteiger partial charge is 0.408 e. The van der Waals surface area contributed by atoms with E-state index in [9.17, 15) is 18.4 Å². The third-order valence-electron chi connectivity index (χ3n) is 2.33. The molecular weight excluding hydrogens is 304 g/mol. The van der Waals surface area contributed by atoms with Gasteiger partial charge in [-0.25, -0.2) is 18.4 Å². The number of hydrogen-bond donors (Lipinski definition) is 2. The molecule has 116 valence electrons. The standard InChI is InChI=1S/C13H15F2NO4S/c14-11(15)8-21-7-10(12(17)18)16-13(19)20-6-9-4-2-1-3-5-9/h1-5,10-11H,6-8H2,(H,16,19)(H,17,18). The summed E-state index contributed by atoms with van der Waals surface area (Å²) in [5, 5.41) is 11.0. The fourth-order valence-electron chi connectivity index (χ4n) is 1.36. The molecule has 0 aromatic heterocycles. The monoisotopic (exact) mass is 319 g/mol. The van der Waals surface area contributed by atoms with Gasteiger partial charge >= 0.3 is 12.1 Å². The maximum absolute atomic E-state index is 12.0. The molecule has 1 amide bonds. The first-order chi connectivity index (χ1) is 9.99. The van der Waals surface area contributed by atoms with E-state index >= 15 is 0 Å². The Balaban J connectivity index is 2.36. The third-order valence-corrected chi connectivity index (χ3v) is 3.39. The van der Waals surface area contributed by atoms with Crippen molar-refractivity contribution in [2.24, 2.45) is 0 Å². The van der Waals surface area contributed by atoms with Gasteiger partial charge in [-0.3, -0.25) is 0 Å². The predicted octanol–water partition coefficient (Wildman–Crippen LogP) is 2.36. The van der Waals surface area contributed by atoms with Gasteiger partial charge in [0.25, 0.3) is 0 Å². The molecule has 0 bridgehead atoms. The highest BCUT2D eigenvalue weighted by Gasteiger charge is 2.21. The minimum atomic E-state index is -2.52. The van der Waals surface area contributed by atoms with Crippen LogP contribution >= 0.6 is 11.8 Å². The first kappa shape index (κ1) is 17.2. The molecule has 1 rings (SSSR count). The van der Waals surface area contributed by atoms with Gasteiger partial charge in [-0.15, -0.1) is 0 Å². The van der Waals surface area contributed by atoms with E-state index in [1.165, 1.54) is 0 Å². The Labute approximate surface area is 124 Å². The van der Waals surface area contributed by atoms with Crippen molar-refractivity contribution in [3.8, 4) is 0 Å². The van der Waals surface area contributed by atoms with Gasteiger partial charge in [0, 0.05) is 5.75 Å². The SMILES string of the molecule is O=C(NC(CSCC(F)F)C(=O)O)OCc1ccccc1. The van der Waals surface area contributed by atoms with Crippen molar-refractivity contribution in [1.82, 2.24) is 5.32 Å². The van der Waals surface area contributed by atoms with Crippen LogP contribution in [0.5, 0.6) is 0 Å². The highest BCUT2D eigenvalue weighted by Crippen LogP contribution is 2.09. The first-order valence-electron chi connectivity index (χ1n) is 6.05. The molecule has 8 heteroatoms. The summed E-state index contributed by atoms with van der Waals surface area (Å²) in [6.45, 7) is 0.00316. The topological polar surface area (TPSA) is 75.6 Å². The van der Waals surface area contributed by atoms with E-state index in [2.05, 4.69) is 5.32 Å². The summed E-state index contributed by atoms with van der Waals surface area (Å²) in [5.74, 6) is -1.93. The summed E-state index contributed by atoms with van der Waals surface area (Å²) >= 11 is 0.753. The van der Waals surface area contributed by atoms with Gasteiger partial charge in [0.15, 0.2) is 0 Å². The maximum Gasteiger partial charge on any atom is 0.408 e. The van der Waals surface area contributed by atoms with Crippen LogP contribution < -0.4 is 5.32 Å². The average molecular weight is 319 g/mol. The highest BCUT2D eigenvalue weighted by atomic mass is 32.2. The zero-order valence-electron chi connectivity index (χ0n) is 11.0. The van der Waals surface area contributed by atoms with E-state index in [0.29, 0.717) is 0 Å². The van der Waals surface area contributed by atoms with Crippen LogP contribution in [-0.4, -0.2) is 41.1 Å². The van der Waals surface area contributed by atoms with Crippen LogP contribution in [0.3, 0.4) is 0 Å². The van der Waals surface area contributed by atoms with E-state index in [0.717, 1.165) is 17.3 Å². The van der Waals surface area contributed by atoms with Crippen molar-refractivity contribution in [2.45, 2.75) is 19.1 Å². The number of carboxylic acid groups (broad SMARTS) is 1. The average Bonchev–Trinajstić information content (AvgIpc) is 2.44. The number of benzene rings is 1. The number of carbonyl (C=O) groups excluding carboxylic acids is 1. The van der Waals surface area contributed by atoms with Gasteiger partial charge in [-0.2, -0.15) is 11.8 Å². The number of nitrogens with one attached hydrogen (secondary N) is 1. The van der Waals surface area contributed by atoms with Crippen molar-refractivity contribution < 1.29 is 28.2 Å². The molecule has 0 aliphatic rings. The number of carbonyl (C=O) groups is 2. The fraction of sp³-hybridized carbons (Fsp3) is 0.385. The van der Waals surface area contributed by atoms with Gasteiger partial charge in [-0.05, 0) is 5.56 Å². The summed E-state index contributed by atoms with van der Waals surface area (Å²) in [4.78, 5) is 22.4. The number of carboxylic acids is 1. The lowest BCUT2D eigenvalue weighted by atomic mass is 10.2. The van der Waals surface area contributed by atoms with Crippen molar-refractivity contribution in [1.29, 1.82) is 0 Å². The molecule has 1 aromatic carbocycles. The van der Waals surface area contributed by atoms with E-state index in [4.69, 9.17) is 9.84 Å². The molecule has 1 atom stereocenters. The molecule has 0 heterocycles. The van der Waals surface area contributed by atoms with Crippen LogP contribution in [-0.2, 0) is 16.1 Å². The predicted molar refractivity (Wildman–Crippen MR) is 74.5 cm³/mol. The molecule has 2 N–H and O–H groups in total. The zero-order valence-corrected chi connectivity index (χ0v) is 11.8. The third kappa shape index (κ3) is 7.50. The number of ether oxygens (including phenoxy) is 1. The number of thioether (sulfide) groups is 1. The zero-order chi connectivity index (χ0) is 15.7. The maximum atomic E-state index is 12.0. The molecule has 21 heavy (non-hydrogen) atoms. The minimum Gasteiger partial charge on any atom is -0.480 e. The quantitative estimate of drug-likeness (QED) is 0.769. The number of hydrogen-bond acceptors (Lipinski definition) is 4. The van der Waals surface area contributed by atoms with Crippen molar-refractivity contribution in [2.75, 3.05) is 11.5 Å². The Morgan fingerprint density at radius 3 is 2.48 bits per heavy atom. The van der Waals surface area contributed by atoms with Crippen LogP contribution in [0.25, 0.3) is 0 Å². The lowest BCUT2D eigenvalue weighted by molar-refractivity contribution is -0.138. The summed E-state index contributed by atoms with van der Waals surface area (Å²) < 4.78 is 28.8. The molecule has 1 unspecified atom stereocenters. The van der Waals surface area contributed by atoms with Crippen LogP contribution in [0.2, 0.25) is 0 Å². The van der Waals surface area contributed by atoms with Gasteiger partial charge in [0.1, 0.15) is 12.6 Å². The second-order valence-electron chi connectivity index (χ2n) is 4.03. The highest BCUT2D eigenvalue weighted by molar-refractivity contribution is 7.99. The van der Waals surface area contributed by atoms with E-state index in [1.54, 1.807) is 24.3 Å². The molecule has 0 saturated heterocycles. The number of aliphatic carboxylic acids is 1.